The number of phenols is 1. The molecule has 0 aliphatic carbocycles. The van der Waals surface area contributed by atoms with E-state index in [1.165, 1.54) is 27.6 Å². The fourth-order valence-corrected chi connectivity index (χ4v) is 20.7. The molecule has 11 aromatic carbocycles. The van der Waals surface area contributed by atoms with Gasteiger partial charge < -0.3 is 79.5 Å². The highest BCUT2D eigenvalue weighted by Crippen LogP contribution is 2.48. The zero-order valence-corrected chi connectivity index (χ0v) is 82.3. The Morgan fingerprint density at radius 2 is 0.833 bits per heavy atom. The van der Waals surface area contributed by atoms with E-state index in [1.54, 1.807) is 76.8 Å². The number of phenolic OH excluding ortho intramolecular Hbond substituents is 1. The van der Waals surface area contributed by atoms with E-state index in [0.717, 1.165) is 159 Å². The van der Waals surface area contributed by atoms with E-state index in [9.17, 15) is 29.1 Å². The number of nitrogens with one attached hydrogen (secondary N) is 8. The maximum absolute atomic E-state index is 13.5. The second-order valence-corrected chi connectivity index (χ2v) is 38.1. The molecule has 5 aromatic heterocycles. The third-order valence-electron chi connectivity index (χ3n) is 25.4. The highest BCUT2D eigenvalue weighted by Gasteiger charge is 2.42. The summed E-state index contributed by atoms with van der Waals surface area (Å²) in [7, 11) is 3.29. The molecule has 138 heavy (non-hydrogen) atoms. The molecule has 0 radical (unpaired) electrons. The number of urea groups is 1. The number of aromatic hydroxyl groups is 1. The Morgan fingerprint density at radius 3 is 1.31 bits per heavy atom. The first-order valence-electron chi connectivity index (χ1n) is 45.7. The van der Waals surface area contributed by atoms with E-state index in [1.807, 2.05) is 241 Å². The van der Waals surface area contributed by atoms with Gasteiger partial charge >= 0.3 is 24.3 Å². The number of benzene rings is 11. The van der Waals surface area contributed by atoms with Crippen LogP contribution in [0, 0.1) is 0 Å². The second kappa shape index (κ2) is 42.2. The van der Waals surface area contributed by atoms with Crippen LogP contribution in [-0.4, -0.2) is 152 Å². The van der Waals surface area contributed by atoms with Crippen molar-refractivity contribution < 1.29 is 52.8 Å². The van der Waals surface area contributed by atoms with Crippen molar-refractivity contribution in [3.05, 3.63) is 362 Å². The number of para-hydroxylation sites is 2. The fourth-order valence-electron chi connectivity index (χ4n) is 19.4. The van der Waals surface area contributed by atoms with Crippen LogP contribution >= 0.6 is 81.2 Å². The number of rotatable bonds is 12. The molecule has 23 nitrogen and oxygen atoms in total. The lowest BCUT2D eigenvalue weighted by molar-refractivity contribution is -0.135. The molecule has 30 heteroatoms. The van der Waals surface area contributed by atoms with Crippen LogP contribution in [0.25, 0.3) is 54.5 Å². The molecule has 16 aromatic rings. The number of anilines is 1. The number of alkyl carbamates (subject to hydrolysis) is 1. The molecule has 5 aliphatic rings. The van der Waals surface area contributed by atoms with Crippen molar-refractivity contribution in [3.8, 4) is 17.2 Å². The average molecular weight is 1990 g/mol. The van der Waals surface area contributed by atoms with Gasteiger partial charge in [0, 0.05) is 152 Å². The Labute approximate surface area is 833 Å². The predicted octanol–water partition coefficient (Wildman–Crippen LogP) is 26.1. The van der Waals surface area contributed by atoms with E-state index >= 15 is 0 Å². The molecule has 5 aliphatic heterocycles. The molecule has 0 spiro atoms. The summed E-state index contributed by atoms with van der Waals surface area (Å²) in [5.41, 5.74) is 21.1. The molecule has 21 rings (SSSR count). The summed E-state index contributed by atoms with van der Waals surface area (Å²) in [6, 6.07) is 75.0. The van der Waals surface area contributed by atoms with E-state index < -0.39 is 17.7 Å². The van der Waals surface area contributed by atoms with Crippen molar-refractivity contribution in [2.75, 3.05) is 65.5 Å². The van der Waals surface area contributed by atoms with Crippen molar-refractivity contribution in [1.29, 1.82) is 0 Å². The molecule has 5 unspecified atom stereocenters. The molecule has 10 heterocycles. The summed E-state index contributed by atoms with van der Waals surface area (Å²) in [6.45, 7) is 14.4. The fraction of sp³-hybridized carbons (Fsp3) is 0.250. The van der Waals surface area contributed by atoms with Gasteiger partial charge in [-0.05, 0) is 263 Å². The van der Waals surface area contributed by atoms with Gasteiger partial charge in [-0.3, -0.25) is 14.6 Å². The smallest absolute Gasteiger partial charge is 0.410 e. The largest absolute Gasteiger partial charge is 0.508 e. The molecule has 710 valence electrons. The van der Waals surface area contributed by atoms with Crippen LogP contribution in [0.5, 0.6) is 17.2 Å². The van der Waals surface area contributed by atoms with E-state index in [4.69, 9.17) is 105 Å². The first-order valence-corrected chi connectivity index (χ1v) is 48.4. The number of nitrogens with zero attached hydrogens (tertiary/aromatic N) is 4. The van der Waals surface area contributed by atoms with Gasteiger partial charge in [-0.15, -0.1) is 0 Å². The number of carbonyl (C=O) groups excluding carboxylic acids is 5. The van der Waals surface area contributed by atoms with Crippen LogP contribution in [0.4, 0.5) is 24.9 Å². The number of hydrogen-bond acceptors (Lipinski definition) is 12. The average Bonchev–Trinajstić information content (AvgIpc) is 1.60. The van der Waals surface area contributed by atoms with Gasteiger partial charge in [0.05, 0.1) is 55.6 Å². The summed E-state index contributed by atoms with van der Waals surface area (Å²) in [4.78, 5) is 89.0. The maximum atomic E-state index is 13.5. The molecular weight excluding hydrogens is 1890 g/mol. The van der Waals surface area contributed by atoms with Crippen molar-refractivity contribution in [1.82, 2.24) is 55.2 Å². The number of carbonyl (C=O) groups is 5. The third kappa shape index (κ3) is 20.6. The lowest BCUT2D eigenvalue weighted by atomic mass is 9.92. The van der Waals surface area contributed by atoms with Crippen LogP contribution in [0.15, 0.2) is 243 Å². The monoisotopic (exact) mass is 1990 g/mol. The van der Waals surface area contributed by atoms with Gasteiger partial charge in [-0.2, -0.15) is 0 Å². The zero-order chi connectivity index (χ0) is 96.9. The van der Waals surface area contributed by atoms with Crippen molar-refractivity contribution in [2.45, 2.75) is 115 Å². The Hall–Kier alpha value is -12.9. The molecule has 6 amide bonds. The van der Waals surface area contributed by atoms with Gasteiger partial charge in [0.1, 0.15) is 41.0 Å². The number of halogens is 7. The Balaban J connectivity index is 0.000000120. The third-order valence-corrected chi connectivity index (χ3v) is 27.4. The van der Waals surface area contributed by atoms with E-state index in [2.05, 4.69) is 40.9 Å². The Bertz CT molecular complexity index is 7200. The number of H-pyrrole nitrogens is 5. The minimum absolute atomic E-state index is 0.0149. The summed E-state index contributed by atoms with van der Waals surface area (Å²) < 4.78 is 26.8. The number of hydrogen-bond donors (Lipinski definition) is 9. The molecule has 0 saturated heterocycles. The lowest BCUT2D eigenvalue weighted by Crippen LogP contribution is -2.51. The molecule has 6 atom stereocenters. The van der Waals surface area contributed by atoms with Crippen molar-refractivity contribution in [2.24, 2.45) is 0 Å². The lowest BCUT2D eigenvalue weighted by Gasteiger charge is -2.37. The zero-order valence-electron chi connectivity index (χ0n) is 77.0. The maximum Gasteiger partial charge on any atom is 0.410 e. The number of fused-ring (bicyclic) bond motifs is 15. The van der Waals surface area contributed by atoms with Gasteiger partial charge in [0.2, 0.25) is 5.91 Å². The molecular formula is C108H103Cl7N12O11. The summed E-state index contributed by atoms with van der Waals surface area (Å²) in [5, 5.41) is 29.4. The van der Waals surface area contributed by atoms with E-state index in [-0.39, 0.29) is 60.1 Å². The SMILES string of the molecule is CCOC(=O)N1CCc2c([nH]c3ccc(Cl)cc23)C1c1cccc(O)c1.CCOC(=O)N1CCc2c([nH]c3ccc(Cl)cc23)C1c1ccccc1OC.COc1ccc(C2c3[nH]c4ccc(Cl)cc4c3CCN2C(=O)Nc2ccccc2)cc1.C[C@H](NC(=O)OC(C)(C)C)C(=O)N1CCc2c([nH]c3ccc(Cl)cc23)C1c1ccccc1.Clc1ccc2[nH]c3c(c2c1)CCNC3c1cccc(Cl)c1Cl. The minimum Gasteiger partial charge on any atom is -0.508 e. The number of ether oxygens (including phenoxy) is 5. The molecule has 0 fully saturated rings. The van der Waals surface area contributed by atoms with Crippen LogP contribution in [0.3, 0.4) is 0 Å². The standard InChI is InChI=1S/C25H28ClN3O3.C25H22ClN3O2.C21H21ClN2O3.C20H19ClN2O3.C17H13Cl3N2/c1-15(27-24(31)32-25(2,3)4)23(30)29-13-12-18-19-14-17(26)10-11-20(19)28-21(18)22(29)16-8-6-5-7-9-16;1-31-19-10-7-16(8-11-19)24-23-20(21-15-17(26)9-12-22(21)28-23)13-14-29(24)25(30)27-18-5-3-2-4-6-18;1-3-27-21(25)24-11-10-14-16-12-13(22)8-9-17(16)23-19(14)20(24)15-6-4-5-7-18(15)26-2;1-2-26-20(25)23-9-8-15-16-11-13(21)6-7-17(16)22-18(15)19(23)12-4-3-5-14(24)10-12;18-9-4-5-14-12(8-9)10-6-7-21-16(17(10)22-14)11-2-1-3-13(19)15(11)20/h5-11,14-15,22,28H,12-13H2,1-4H3,(H,27,31);2-12,15,24,28H,13-14H2,1H3,(H,27,30);4-9,12,20,23H,3,10-11H2,1-2H3;3-7,10-11,19,22,24H,2,8-9H2,1H3;1-5,8,16,21-22H,6-7H2/t15-,22?;;;;/m0..../s1. The Morgan fingerprint density at radius 1 is 0.428 bits per heavy atom. The summed E-state index contributed by atoms with van der Waals surface area (Å²) in [5.74, 6) is 1.52. The van der Waals surface area contributed by atoms with Crippen LogP contribution < -0.4 is 25.4 Å². The van der Waals surface area contributed by atoms with E-state index in [0.29, 0.717) is 82.4 Å². The molecule has 0 bridgehead atoms. The summed E-state index contributed by atoms with van der Waals surface area (Å²) >= 11 is 43.7. The van der Waals surface area contributed by atoms with Crippen LogP contribution in [0.2, 0.25) is 35.2 Å². The van der Waals surface area contributed by atoms with Gasteiger partial charge in [-0.25, -0.2) is 19.2 Å². The quantitative estimate of drug-likeness (QED) is 0.0517. The number of amides is 6. The second-order valence-electron chi connectivity index (χ2n) is 35.1. The summed E-state index contributed by atoms with van der Waals surface area (Å²) in [6.07, 6.45) is 2.58. The van der Waals surface area contributed by atoms with Gasteiger partial charge in [0.25, 0.3) is 0 Å². The topological polar surface area (TPSA) is 280 Å². The predicted molar refractivity (Wildman–Crippen MR) is 549 cm³/mol. The molecule has 9 N–H and O–H groups in total. The normalized spacial score (nSPS) is 16.6. The number of aromatic amines is 5. The Kier molecular flexibility index (Phi) is 29.6. The highest BCUT2D eigenvalue weighted by atomic mass is 35.5. The first kappa shape index (κ1) is 96.7. The van der Waals surface area contributed by atoms with Crippen LogP contribution in [-0.2, 0) is 51.1 Å². The highest BCUT2D eigenvalue weighted by molar-refractivity contribution is 6.42. The van der Waals surface area contributed by atoms with Gasteiger partial charge in [0.15, 0.2) is 0 Å². The molecule has 0 saturated carbocycles. The van der Waals surface area contributed by atoms with Crippen molar-refractivity contribution >= 4 is 172 Å². The minimum atomic E-state index is -0.726. The van der Waals surface area contributed by atoms with Gasteiger partial charge in [-0.1, -0.05) is 184 Å². The first-order chi connectivity index (χ1) is 66.6. The number of methoxy groups -OCH3 is 2. The van der Waals surface area contributed by atoms with Crippen molar-refractivity contribution in [3.63, 3.8) is 0 Å². The van der Waals surface area contributed by atoms with Crippen LogP contribution in [0.1, 0.15) is 156 Å². The number of aromatic nitrogens is 5.